The van der Waals surface area contributed by atoms with Crippen LogP contribution in [0.25, 0.3) is 0 Å². The highest BCUT2D eigenvalue weighted by atomic mass is 32.2. The van der Waals surface area contributed by atoms with Crippen LogP contribution in [0.4, 0.5) is 0 Å². The molecule has 1 aliphatic heterocycles. The average molecular weight is 207 g/mol. The Morgan fingerprint density at radius 2 is 2.07 bits per heavy atom. The Balaban J connectivity index is 2.19. The van der Waals surface area contributed by atoms with Crippen LogP contribution < -0.4 is 5.32 Å². The highest BCUT2D eigenvalue weighted by Crippen LogP contribution is 2.39. The van der Waals surface area contributed by atoms with Crippen molar-refractivity contribution in [2.24, 2.45) is 0 Å². The molecule has 2 unspecified atom stereocenters. The molecule has 1 aromatic carbocycles. The quantitative estimate of drug-likeness (QED) is 0.800. The van der Waals surface area contributed by atoms with Crippen molar-refractivity contribution in [3.05, 3.63) is 35.9 Å². The topological polar surface area (TPSA) is 12.0 Å². The highest BCUT2D eigenvalue weighted by Gasteiger charge is 2.35. The summed E-state index contributed by atoms with van der Waals surface area (Å²) in [5.74, 6) is 1.80. The molecule has 1 saturated heterocycles. The molecule has 0 bridgehead atoms. The number of benzene rings is 1. The molecule has 1 fully saturated rings. The molecule has 76 valence electrons. The van der Waals surface area contributed by atoms with Gasteiger partial charge in [-0.15, -0.1) is 11.8 Å². The molecule has 1 aliphatic rings. The lowest BCUT2D eigenvalue weighted by Gasteiger charge is -2.31. The largest absolute Gasteiger partial charge is 0.302 e. The first-order chi connectivity index (χ1) is 6.72. The average Bonchev–Trinajstić information content (AvgIpc) is 2.67. The second-order valence-electron chi connectivity index (χ2n) is 4.01. The van der Waals surface area contributed by atoms with Gasteiger partial charge in [-0.25, -0.2) is 0 Å². The molecule has 0 spiro atoms. The number of hydrogen-bond donors (Lipinski definition) is 1. The number of thioether (sulfide) groups is 1. The van der Waals surface area contributed by atoms with Gasteiger partial charge in [0, 0.05) is 18.2 Å². The normalized spacial score (nSPS) is 29.0. The van der Waals surface area contributed by atoms with Crippen molar-refractivity contribution in [1.82, 2.24) is 5.32 Å². The van der Waals surface area contributed by atoms with Crippen molar-refractivity contribution < 1.29 is 0 Å². The molecule has 1 heterocycles. The summed E-state index contributed by atoms with van der Waals surface area (Å²) in [6, 6.07) is 10.8. The number of nitrogens with one attached hydrogen (secondary N) is 1. The maximum atomic E-state index is 3.59. The minimum Gasteiger partial charge on any atom is -0.302 e. The molecule has 0 aromatic heterocycles. The van der Waals surface area contributed by atoms with E-state index in [4.69, 9.17) is 0 Å². The van der Waals surface area contributed by atoms with Crippen molar-refractivity contribution in [3.63, 3.8) is 0 Å². The fourth-order valence-electron chi connectivity index (χ4n) is 1.95. The monoisotopic (exact) mass is 207 g/mol. The molecule has 0 amide bonds. The third-order valence-electron chi connectivity index (χ3n) is 3.11. The third kappa shape index (κ3) is 1.82. The standard InChI is InChI=1S/C12H17NS/c1-10(11-6-4-3-5-7-11)12(2)13-8-9-14-12/h3-7,10,13H,8-9H2,1-2H3. The Labute approximate surface area is 90.3 Å². The molecular formula is C12H17NS. The predicted molar refractivity (Wildman–Crippen MR) is 63.7 cm³/mol. The van der Waals surface area contributed by atoms with Crippen LogP contribution in [-0.4, -0.2) is 17.2 Å². The van der Waals surface area contributed by atoms with Crippen LogP contribution >= 0.6 is 11.8 Å². The minimum absolute atomic E-state index is 0.224. The SMILES string of the molecule is CC(c1ccccc1)C1(C)NCCS1. The lowest BCUT2D eigenvalue weighted by molar-refractivity contribution is 0.469. The third-order valence-corrected chi connectivity index (χ3v) is 4.61. The summed E-state index contributed by atoms with van der Waals surface area (Å²) < 4.78 is 0. The van der Waals surface area contributed by atoms with Crippen LogP contribution in [0.1, 0.15) is 25.3 Å². The minimum atomic E-state index is 0.224. The molecule has 1 aromatic rings. The highest BCUT2D eigenvalue weighted by molar-refractivity contribution is 8.00. The maximum Gasteiger partial charge on any atom is 0.0683 e. The Morgan fingerprint density at radius 3 is 2.64 bits per heavy atom. The first-order valence-corrected chi connectivity index (χ1v) is 6.15. The van der Waals surface area contributed by atoms with E-state index in [9.17, 15) is 0 Å². The van der Waals surface area contributed by atoms with E-state index >= 15 is 0 Å². The molecule has 2 atom stereocenters. The molecule has 1 N–H and O–H groups in total. The maximum absolute atomic E-state index is 3.59. The lowest BCUT2D eigenvalue weighted by atomic mass is 9.94. The zero-order chi connectivity index (χ0) is 10.0. The summed E-state index contributed by atoms with van der Waals surface area (Å²) in [5.41, 5.74) is 1.43. The molecule has 1 nitrogen and oxygen atoms in total. The van der Waals surface area contributed by atoms with E-state index in [1.807, 2.05) is 11.8 Å². The van der Waals surface area contributed by atoms with Gasteiger partial charge >= 0.3 is 0 Å². The van der Waals surface area contributed by atoms with Gasteiger partial charge in [-0.1, -0.05) is 37.3 Å². The zero-order valence-corrected chi connectivity index (χ0v) is 9.60. The Morgan fingerprint density at radius 1 is 1.36 bits per heavy atom. The van der Waals surface area contributed by atoms with Gasteiger partial charge in [-0.2, -0.15) is 0 Å². The van der Waals surface area contributed by atoms with Crippen LogP contribution in [0.5, 0.6) is 0 Å². The molecular weight excluding hydrogens is 190 g/mol. The van der Waals surface area contributed by atoms with E-state index in [2.05, 4.69) is 49.5 Å². The molecule has 0 radical (unpaired) electrons. The second kappa shape index (κ2) is 3.95. The molecule has 0 saturated carbocycles. The van der Waals surface area contributed by atoms with E-state index < -0.39 is 0 Å². The fraction of sp³-hybridized carbons (Fsp3) is 0.500. The number of rotatable bonds is 2. The first kappa shape index (κ1) is 10.1. The van der Waals surface area contributed by atoms with Gasteiger partial charge in [0.15, 0.2) is 0 Å². The Hall–Kier alpha value is -0.470. The van der Waals surface area contributed by atoms with E-state index in [1.165, 1.54) is 11.3 Å². The van der Waals surface area contributed by atoms with Crippen LogP contribution in [0.2, 0.25) is 0 Å². The van der Waals surface area contributed by atoms with Crippen LogP contribution in [0.3, 0.4) is 0 Å². The lowest BCUT2D eigenvalue weighted by Crippen LogP contribution is -2.38. The number of hydrogen-bond acceptors (Lipinski definition) is 2. The van der Waals surface area contributed by atoms with Gasteiger partial charge < -0.3 is 5.32 Å². The fourth-order valence-corrected chi connectivity index (χ4v) is 3.17. The van der Waals surface area contributed by atoms with Gasteiger partial charge in [-0.3, -0.25) is 0 Å². The van der Waals surface area contributed by atoms with Crippen LogP contribution in [-0.2, 0) is 0 Å². The van der Waals surface area contributed by atoms with Gasteiger partial charge in [0.05, 0.1) is 4.87 Å². The van der Waals surface area contributed by atoms with Gasteiger partial charge in [0.1, 0.15) is 0 Å². The smallest absolute Gasteiger partial charge is 0.0683 e. The van der Waals surface area contributed by atoms with E-state index in [0.717, 1.165) is 6.54 Å². The predicted octanol–water partition coefficient (Wildman–Crippen LogP) is 2.84. The first-order valence-electron chi connectivity index (χ1n) is 5.16. The van der Waals surface area contributed by atoms with E-state index in [-0.39, 0.29) is 4.87 Å². The van der Waals surface area contributed by atoms with Gasteiger partial charge in [0.25, 0.3) is 0 Å². The second-order valence-corrected chi connectivity index (χ2v) is 5.56. The summed E-state index contributed by atoms with van der Waals surface area (Å²) in [7, 11) is 0. The van der Waals surface area contributed by atoms with Gasteiger partial charge in [0.2, 0.25) is 0 Å². The van der Waals surface area contributed by atoms with Crippen LogP contribution in [0, 0.1) is 0 Å². The van der Waals surface area contributed by atoms with E-state index in [0.29, 0.717) is 5.92 Å². The Bertz CT molecular complexity index is 290. The van der Waals surface area contributed by atoms with Crippen molar-refractivity contribution in [3.8, 4) is 0 Å². The molecule has 14 heavy (non-hydrogen) atoms. The summed E-state index contributed by atoms with van der Waals surface area (Å²) in [6.45, 7) is 5.75. The summed E-state index contributed by atoms with van der Waals surface area (Å²) in [6.07, 6.45) is 0. The molecule has 2 heteroatoms. The van der Waals surface area contributed by atoms with Gasteiger partial charge in [-0.05, 0) is 12.5 Å². The van der Waals surface area contributed by atoms with Crippen molar-refractivity contribution in [2.45, 2.75) is 24.6 Å². The summed E-state index contributed by atoms with van der Waals surface area (Å²) >= 11 is 2.04. The molecule has 2 rings (SSSR count). The van der Waals surface area contributed by atoms with Crippen molar-refractivity contribution in [2.75, 3.05) is 12.3 Å². The van der Waals surface area contributed by atoms with E-state index in [1.54, 1.807) is 0 Å². The summed E-state index contributed by atoms with van der Waals surface area (Å²) in [5, 5.41) is 3.59. The van der Waals surface area contributed by atoms with Crippen molar-refractivity contribution >= 4 is 11.8 Å². The van der Waals surface area contributed by atoms with Crippen LogP contribution in [0.15, 0.2) is 30.3 Å². The molecule has 0 aliphatic carbocycles. The summed E-state index contributed by atoms with van der Waals surface area (Å²) in [4.78, 5) is 0.224. The Kier molecular flexibility index (Phi) is 2.84. The zero-order valence-electron chi connectivity index (χ0n) is 8.79. The van der Waals surface area contributed by atoms with Crippen molar-refractivity contribution in [1.29, 1.82) is 0 Å².